The van der Waals surface area contributed by atoms with Crippen LogP contribution in [0.1, 0.15) is 34.1 Å². The zero-order chi connectivity index (χ0) is 13.0. The van der Waals surface area contributed by atoms with E-state index in [0.717, 1.165) is 0 Å². The van der Waals surface area contributed by atoms with Crippen LogP contribution in [0.4, 0.5) is 0 Å². The van der Waals surface area contributed by atoms with Gasteiger partial charge in [0.1, 0.15) is 0 Å². The zero-order valence-electron chi connectivity index (χ0n) is 10.1. The van der Waals surface area contributed by atoms with Crippen LogP contribution in [0.15, 0.2) is 0 Å². The average molecular weight is 252 g/mol. The first-order valence-corrected chi connectivity index (χ1v) is 6.57. The Hall–Kier alpha value is -0.660. The van der Waals surface area contributed by atoms with Crippen molar-refractivity contribution in [3.8, 4) is 0 Å². The number of rotatable bonds is 6. The molecule has 96 valence electrons. The quantitative estimate of drug-likeness (QED) is 0.634. The molecule has 0 aliphatic rings. The van der Waals surface area contributed by atoms with E-state index in [1.165, 1.54) is 0 Å². The summed E-state index contributed by atoms with van der Waals surface area (Å²) >= 11 is 0. The first kappa shape index (κ1) is 15.3. The zero-order valence-corrected chi connectivity index (χ0v) is 10.9. The highest BCUT2D eigenvalue weighted by Crippen LogP contribution is 2.03. The van der Waals surface area contributed by atoms with Crippen molar-refractivity contribution < 1.29 is 18.3 Å². The lowest BCUT2D eigenvalue weighted by Crippen LogP contribution is -2.48. The third-order valence-electron chi connectivity index (χ3n) is 1.80. The van der Waals surface area contributed by atoms with Gasteiger partial charge >= 0.3 is 5.97 Å². The van der Waals surface area contributed by atoms with E-state index in [4.69, 9.17) is 5.11 Å². The molecule has 0 bridgehead atoms. The molecule has 0 saturated carbocycles. The summed E-state index contributed by atoms with van der Waals surface area (Å²) in [5.41, 5.74) is -0.587. The number of carbonyl (C=O) groups is 1. The summed E-state index contributed by atoms with van der Waals surface area (Å²) in [6, 6.07) is 0. The predicted molar refractivity (Wildman–Crippen MR) is 61.2 cm³/mol. The molecule has 0 aliphatic carbocycles. The Bertz CT molecular complexity index is 332. The van der Waals surface area contributed by atoms with Crippen molar-refractivity contribution in [2.24, 2.45) is 5.92 Å². The Balaban J connectivity index is 4.34. The third-order valence-corrected chi connectivity index (χ3v) is 3.23. The summed E-state index contributed by atoms with van der Waals surface area (Å²) in [5.74, 6) is -1.70. The molecule has 0 aromatic heterocycles. The van der Waals surface area contributed by atoms with Crippen LogP contribution in [0, 0.1) is 5.92 Å². The predicted octanol–water partition coefficient (Wildman–Crippen LogP) is 0.320. The Labute approximate surface area is 96.6 Å². The lowest BCUT2D eigenvalue weighted by Gasteiger charge is -2.21. The molecule has 1 atom stereocenters. The summed E-state index contributed by atoms with van der Waals surface area (Å²) in [4.78, 5) is 10.7. The molecule has 0 rings (SSSR count). The molecule has 0 fully saturated rings. The van der Waals surface area contributed by atoms with Crippen LogP contribution in [0.2, 0.25) is 0 Å². The van der Waals surface area contributed by atoms with Crippen LogP contribution < -0.4 is 9.44 Å². The Morgan fingerprint density at radius 2 is 1.88 bits per heavy atom. The van der Waals surface area contributed by atoms with Gasteiger partial charge in [0.15, 0.2) is 0 Å². The smallest absolute Gasteiger partial charge is 0.307 e. The first-order valence-electron chi connectivity index (χ1n) is 5.09. The Morgan fingerprint density at radius 1 is 1.38 bits per heavy atom. The number of hydrogen-bond acceptors (Lipinski definition) is 3. The summed E-state index contributed by atoms with van der Waals surface area (Å²) in [6.07, 6.45) is 0.382. The molecule has 0 amide bonds. The van der Waals surface area contributed by atoms with Crippen molar-refractivity contribution in [2.75, 3.05) is 6.54 Å². The number of nitrogens with one attached hydrogen (secondary N) is 2. The Morgan fingerprint density at radius 3 is 2.19 bits per heavy atom. The second kappa shape index (κ2) is 5.60. The molecule has 1 unspecified atom stereocenters. The molecule has 3 N–H and O–H groups in total. The van der Waals surface area contributed by atoms with E-state index in [1.807, 2.05) is 0 Å². The highest BCUT2D eigenvalue weighted by Gasteiger charge is 2.22. The van der Waals surface area contributed by atoms with Gasteiger partial charge in [0, 0.05) is 12.1 Å². The van der Waals surface area contributed by atoms with E-state index in [-0.39, 0.29) is 6.54 Å². The number of carboxylic acids is 1. The summed E-state index contributed by atoms with van der Waals surface area (Å²) < 4.78 is 27.6. The van der Waals surface area contributed by atoms with E-state index < -0.39 is 27.6 Å². The summed E-state index contributed by atoms with van der Waals surface area (Å²) in [7, 11) is -3.64. The number of hydrogen-bond donors (Lipinski definition) is 3. The van der Waals surface area contributed by atoms with E-state index >= 15 is 0 Å². The van der Waals surface area contributed by atoms with Crippen LogP contribution in [0.3, 0.4) is 0 Å². The minimum Gasteiger partial charge on any atom is -0.481 e. The first-order chi connectivity index (χ1) is 7.07. The maximum atomic E-state index is 11.5. The van der Waals surface area contributed by atoms with E-state index in [2.05, 4.69) is 9.44 Å². The van der Waals surface area contributed by atoms with Gasteiger partial charge in [-0.25, -0.2) is 4.72 Å². The lowest BCUT2D eigenvalue weighted by atomic mass is 10.1. The highest BCUT2D eigenvalue weighted by molar-refractivity contribution is 7.87. The van der Waals surface area contributed by atoms with Gasteiger partial charge in [0.05, 0.1) is 5.92 Å². The van der Waals surface area contributed by atoms with Gasteiger partial charge in [-0.3, -0.25) is 4.79 Å². The minimum atomic E-state index is -3.64. The van der Waals surface area contributed by atoms with E-state index in [0.29, 0.717) is 6.42 Å². The molecule has 7 heteroatoms. The molecule has 0 radical (unpaired) electrons. The third kappa shape index (κ3) is 6.76. The standard InChI is InChI=1S/C9H20N2O4S/c1-5-7(8(12)13)6-10-16(14,15)11-9(2,3)4/h7,10-11H,5-6H2,1-4H3,(H,12,13). The Kier molecular flexibility index (Phi) is 5.37. The van der Waals surface area contributed by atoms with Crippen LogP contribution in [-0.4, -0.2) is 31.6 Å². The van der Waals surface area contributed by atoms with Gasteiger partial charge in [-0.05, 0) is 27.2 Å². The van der Waals surface area contributed by atoms with Crippen LogP contribution >= 0.6 is 0 Å². The topological polar surface area (TPSA) is 95.5 Å². The normalized spacial score (nSPS) is 14.8. The van der Waals surface area contributed by atoms with Crippen molar-refractivity contribution in [3.05, 3.63) is 0 Å². The van der Waals surface area contributed by atoms with Gasteiger partial charge in [0.2, 0.25) is 0 Å². The molecule has 0 saturated heterocycles. The maximum Gasteiger partial charge on any atom is 0.307 e. The molecule has 0 heterocycles. The van der Waals surface area contributed by atoms with Gasteiger partial charge < -0.3 is 5.11 Å². The largest absolute Gasteiger partial charge is 0.481 e. The fourth-order valence-electron chi connectivity index (χ4n) is 1.06. The fraction of sp³-hybridized carbons (Fsp3) is 0.889. The van der Waals surface area contributed by atoms with Gasteiger partial charge in [-0.1, -0.05) is 6.92 Å². The maximum absolute atomic E-state index is 11.5. The van der Waals surface area contributed by atoms with Crippen molar-refractivity contribution >= 4 is 16.2 Å². The van der Waals surface area contributed by atoms with Crippen molar-refractivity contribution in [1.82, 2.24) is 9.44 Å². The fourth-order valence-corrected chi connectivity index (χ4v) is 2.35. The van der Waals surface area contributed by atoms with Gasteiger partial charge in [-0.15, -0.1) is 0 Å². The molecular weight excluding hydrogens is 232 g/mol. The van der Waals surface area contributed by atoms with Crippen LogP contribution in [0.25, 0.3) is 0 Å². The number of carboxylic acid groups (broad SMARTS) is 1. The van der Waals surface area contributed by atoms with Crippen molar-refractivity contribution in [3.63, 3.8) is 0 Å². The minimum absolute atomic E-state index is 0.1000. The molecule has 0 spiro atoms. The lowest BCUT2D eigenvalue weighted by molar-refractivity contribution is -0.141. The van der Waals surface area contributed by atoms with Crippen molar-refractivity contribution in [1.29, 1.82) is 0 Å². The van der Waals surface area contributed by atoms with Crippen molar-refractivity contribution in [2.45, 2.75) is 39.7 Å². The average Bonchev–Trinajstić information content (AvgIpc) is 1.99. The van der Waals surface area contributed by atoms with E-state index in [1.54, 1.807) is 27.7 Å². The second-order valence-corrected chi connectivity index (χ2v) is 6.15. The molecular formula is C9H20N2O4S. The van der Waals surface area contributed by atoms with Crippen LogP contribution in [-0.2, 0) is 15.0 Å². The summed E-state index contributed by atoms with van der Waals surface area (Å²) in [6.45, 7) is 6.73. The van der Waals surface area contributed by atoms with Crippen LogP contribution in [0.5, 0.6) is 0 Å². The highest BCUT2D eigenvalue weighted by atomic mass is 32.2. The van der Waals surface area contributed by atoms with Gasteiger partial charge in [-0.2, -0.15) is 13.1 Å². The molecule has 0 aromatic rings. The second-order valence-electron chi connectivity index (χ2n) is 4.65. The monoisotopic (exact) mass is 252 g/mol. The molecule has 16 heavy (non-hydrogen) atoms. The number of aliphatic carboxylic acids is 1. The van der Waals surface area contributed by atoms with E-state index in [9.17, 15) is 13.2 Å². The summed E-state index contributed by atoms with van der Waals surface area (Å²) in [5, 5.41) is 8.75. The SMILES string of the molecule is CCC(CNS(=O)(=O)NC(C)(C)C)C(=O)O. The van der Waals surface area contributed by atoms with Gasteiger partial charge in [0.25, 0.3) is 10.2 Å². The molecule has 0 aliphatic heterocycles. The molecule has 0 aromatic carbocycles. The molecule has 6 nitrogen and oxygen atoms in total.